The molecule has 0 aliphatic carbocycles. The lowest BCUT2D eigenvalue weighted by Crippen LogP contribution is -2.50. The van der Waals surface area contributed by atoms with Crippen molar-refractivity contribution in [1.82, 2.24) is 9.97 Å². The molecule has 2 rings (SSSR count). The molecule has 1 fully saturated rings. The van der Waals surface area contributed by atoms with Gasteiger partial charge in [0.1, 0.15) is 5.54 Å². The van der Waals surface area contributed by atoms with Crippen LogP contribution in [0.1, 0.15) is 6.42 Å². The number of carbonyl (C=O) groups is 1. The van der Waals surface area contributed by atoms with E-state index >= 15 is 0 Å². The Labute approximate surface area is 97.0 Å². The lowest BCUT2D eigenvalue weighted by atomic mass is 10.0. The van der Waals surface area contributed by atoms with Crippen LogP contribution >= 0.6 is 11.6 Å². The van der Waals surface area contributed by atoms with Gasteiger partial charge in [-0.25, -0.2) is 9.97 Å². The minimum absolute atomic E-state index is 0.212. The van der Waals surface area contributed by atoms with Crippen molar-refractivity contribution in [2.24, 2.45) is 5.73 Å². The molecule has 1 atom stereocenters. The maximum absolute atomic E-state index is 10.9. The molecule has 1 aliphatic heterocycles. The number of carboxylic acids is 1. The van der Waals surface area contributed by atoms with E-state index in [4.69, 9.17) is 22.4 Å². The molecule has 0 saturated carbocycles. The molecule has 1 saturated heterocycles. The Morgan fingerprint density at radius 2 is 2.19 bits per heavy atom. The van der Waals surface area contributed by atoms with Crippen molar-refractivity contribution in [3.05, 3.63) is 17.4 Å². The van der Waals surface area contributed by atoms with E-state index in [1.165, 1.54) is 12.4 Å². The third-order valence-electron chi connectivity index (χ3n) is 2.62. The molecule has 7 heteroatoms. The molecule has 1 aromatic heterocycles. The van der Waals surface area contributed by atoms with Crippen molar-refractivity contribution >= 4 is 23.5 Å². The quantitative estimate of drug-likeness (QED) is 0.766. The fourth-order valence-corrected chi connectivity index (χ4v) is 1.74. The molecule has 1 unspecified atom stereocenters. The van der Waals surface area contributed by atoms with Crippen LogP contribution in [-0.4, -0.2) is 39.7 Å². The van der Waals surface area contributed by atoms with Crippen molar-refractivity contribution in [2.75, 3.05) is 18.0 Å². The Hall–Kier alpha value is -1.40. The summed E-state index contributed by atoms with van der Waals surface area (Å²) in [4.78, 5) is 20.7. The highest BCUT2D eigenvalue weighted by atomic mass is 35.5. The van der Waals surface area contributed by atoms with E-state index in [0.717, 1.165) is 0 Å². The summed E-state index contributed by atoms with van der Waals surface area (Å²) < 4.78 is 0. The number of aliphatic carboxylic acids is 1. The number of carboxylic acid groups (broad SMARTS) is 1. The molecular weight excluding hydrogens is 232 g/mol. The third kappa shape index (κ3) is 1.94. The molecule has 6 nitrogen and oxygen atoms in total. The average Bonchev–Trinajstić information content (AvgIpc) is 2.63. The summed E-state index contributed by atoms with van der Waals surface area (Å²) in [5.41, 5.74) is 4.53. The first-order chi connectivity index (χ1) is 7.51. The van der Waals surface area contributed by atoms with Gasteiger partial charge in [-0.3, -0.25) is 4.79 Å². The lowest BCUT2D eigenvalue weighted by Gasteiger charge is -2.19. The SMILES string of the molecule is NC1(C(=O)O)CCN(c2ncc(Cl)cn2)C1. The highest BCUT2D eigenvalue weighted by Gasteiger charge is 2.42. The predicted molar refractivity (Wildman–Crippen MR) is 58.4 cm³/mol. The second kappa shape index (κ2) is 3.88. The van der Waals surface area contributed by atoms with Crippen LogP contribution < -0.4 is 10.6 Å². The van der Waals surface area contributed by atoms with E-state index in [1.807, 2.05) is 0 Å². The van der Waals surface area contributed by atoms with Gasteiger partial charge in [0.25, 0.3) is 0 Å². The summed E-state index contributed by atoms with van der Waals surface area (Å²) in [6.07, 6.45) is 3.33. The summed E-state index contributed by atoms with van der Waals surface area (Å²) in [5.74, 6) is -0.540. The number of rotatable bonds is 2. The molecule has 0 radical (unpaired) electrons. The normalized spacial score (nSPS) is 24.8. The number of halogens is 1. The fourth-order valence-electron chi connectivity index (χ4n) is 1.65. The third-order valence-corrected chi connectivity index (χ3v) is 2.81. The Bertz CT molecular complexity index is 410. The molecule has 0 spiro atoms. The maximum Gasteiger partial charge on any atom is 0.325 e. The van der Waals surface area contributed by atoms with Crippen LogP contribution in [0.3, 0.4) is 0 Å². The first-order valence-corrected chi connectivity index (χ1v) is 5.14. The zero-order chi connectivity index (χ0) is 11.8. The van der Waals surface area contributed by atoms with Crippen LogP contribution in [0.5, 0.6) is 0 Å². The second-order valence-corrected chi connectivity index (χ2v) is 4.27. The Morgan fingerprint density at radius 1 is 1.56 bits per heavy atom. The summed E-state index contributed by atoms with van der Waals surface area (Å²) in [6.45, 7) is 0.744. The zero-order valence-corrected chi connectivity index (χ0v) is 9.18. The first-order valence-electron chi connectivity index (χ1n) is 4.76. The number of aromatic nitrogens is 2. The summed E-state index contributed by atoms with van der Waals surface area (Å²) in [5, 5.41) is 9.41. The van der Waals surface area contributed by atoms with Crippen LogP contribution in [0.15, 0.2) is 12.4 Å². The highest BCUT2D eigenvalue weighted by Crippen LogP contribution is 2.22. The van der Waals surface area contributed by atoms with Gasteiger partial charge in [-0.15, -0.1) is 0 Å². The molecular formula is C9H11ClN4O2. The highest BCUT2D eigenvalue weighted by molar-refractivity contribution is 6.30. The van der Waals surface area contributed by atoms with E-state index in [1.54, 1.807) is 4.90 Å². The van der Waals surface area contributed by atoms with E-state index in [9.17, 15) is 4.79 Å². The maximum atomic E-state index is 10.9. The van der Waals surface area contributed by atoms with Crippen molar-refractivity contribution in [3.63, 3.8) is 0 Å². The van der Waals surface area contributed by atoms with Crippen LogP contribution in [0, 0.1) is 0 Å². The fraction of sp³-hybridized carbons (Fsp3) is 0.444. The van der Waals surface area contributed by atoms with E-state index in [0.29, 0.717) is 23.9 Å². The molecule has 0 amide bonds. The standard InChI is InChI=1S/C9H11ClN4O2/c10-6-3-12-8(13-4-6)14-2-1-9(11,5-14)7(15)16/h3-4H,1-2,5,11H2,(H,15,16). The van der Waals surface area contributed by atoms with Crippen LogP contribution in [0.4, 0.5) is 5.95 Å². The van der Waals surface area contributed by atoms with Gasteiger partial charge in [0, 0.05) is 13.1 Å². The van der Waals surface area contributed by atoms with Gasteiger partial charge in [0.15, 0.2) is 0 Å². The molecule has 1 aromatic rings. The van der Waals surface area contributed by atoms with E-state index in [-0.39, 0.29) is 6.54 Å². The average molecular weight is 243 g/mol. The van der Waals surface area contributed by atoms with Crippen LogP contribution in [0.25, 0.3) is 0 Å². The monoisotopic (exact) mass is 242 g/mol. The molecule has 0 bridgehead atoms. The summed E-state index contributed by atoms with van der Waals surface area (Å²) in [7, 11) is 0. The van der Waals surface area contributed by atoms with Crippen molar-refractivity contribution in [1.29, 1.82) is 0 Å². The number of hydrogen-bond acceptors (Lipinski definition) is 5. The van der Waals surface area contributed by atoms with Gasteiger partial charge in [0.05, 0.1) is 17.4 Å². The van der Waals surface area contributed by atoms with Gasteiger partial charge < -0.3 is 15.7 Å². The first kappa shape index (κ1) is 11.1. The predicted octanol–water partition coefficient (Wildman–Crippen LogP) is 0.122. The number of anilines is 1. The van der Waals surface area contributed by atoms with Gasteiger partial charge in [-0.05, 0) is 6.42 Å². The largest absolute Gasteiger partial charge is 0.480 e. The number of nitrogens with two attached hydrogens (primary N) is 1. The topological polar surface area (TPSA) is 92.3 Å². The van der Waals surface area contributed by atoms with Crippen LogP contribution in [0.2, 0.25) is 5.02 Å². The van der Waals surface area contributed by atoms with Gasteiger partial charge in [-0.1, -0.05) is 11.6 Å². The Kier molecular flexibility index (Phi) is 2.69. The van der Waals surface area contributed by atoms with Crippen molar-refractivity contribution < 1.29 is 9.90 Å². The summed E-state index contributed by atoms with van der Waals surface area (Å²) in [6, 6.07) is 0. The molecule has 0 aromatic carbocycles. The van der Waals surface area contributed by atoms with Gasteiger partial charge in [0.2, 0.25) is 5.95 Å². The zero-order valence-electron chi connectivity index (χ0n) is 8.43. The number of hydrogen-bond donors (Lipinski definition) is 2. The second-order valence-electron chi connectivity index (χ2n) is 3.83. The lowest BCUT2D eigenvalue weighted by molar-refractivity contribution is -0.142. The van der Waals surface area contributed by atoms with Gasteiger partial charge >= 0.3 is 5.97 Å². The Balaban J connectivity index is 2.15. The van der Waals surface area contributed by atoms with Crippen molar-refractivity contribution in [2.45, 2.75) is 12.0 Å². The molecule has 1 aliphatic rings. The van der Waals surface area contributed by atoms with Gasteiger partial charge in [-0.2, -0.15) is 0 Å². The minimum Gasteiger partial charge on any atom is -0.480 e. The minimum atomic E-state index is -1.21. The molecule has 2 heterocycles. The van der Waals surface area contributed by atoms with E-state index < -0.39 is 11.5 Å². The summed E-state index contributed by atoms with van der Waals surface area (Å²) >= 11 is 5.66. The smallest absolute Gasteiger partial charge is 0.325 e. The van der Waals surface area contributed by atoms with Crippen molar-refractivity contribution in [3.8, 4) is 0 Å². The molecule has 3 N–H and O–H groups in total. The molecule has 16 heavy (non-hydrogen) atoms. The van der Waals surface area contributed by atoms with Crippen LogP contribution in [-0.2, 0) is 4.79 Å². The number of nitrogens with zero attached hydrogens (tertiary/aromatic N) is 3. The van der Waals surface area contributed by atoms with E-state index in [2.05, 4.69) is 9.97 Å². The molecule has 86 valence electrons. The Morgan fingerprint density at radius 3 is 2.69 bits per heavy atom.